The summed E-state index contributed by atoms with van der Waals surface area (Å²) in [5, 5.41) is 0. The fraction of sp³-hybridized carbons (Fsp3) is 0.613. The second-order valence-electron chi connectivity index (χ2n) is 21.3. The third-order valence-corrected chi connectivity index (χ3v) is 13.5. The Morgan fingerprint density at radius 3 is 0.802 bits per heavy atom. The van der Waals surface area contributed by atoms with Gasteiger partial charge in [-0.25, -0.2) is 0 Å². The molecule has 0 aliphatic heterocycles. The van der Waals surface area contributed by atoms with Crippen LogP contribution in [-0.2, 0) is 28.6 Å². The summed E-state index contributed by atoms with van der Waals surface area (Å²) in [6, 6.07) is 0. The Hall–Kier alpha value is -4.97. The maximum Gasteiger partial charge on any atom is 0.306 e. The Labute approximate surface area is 499 Å². The Kier molecular flexibility index (Phi) is 63.4. The quantitative estimate of drug-likeness (QED) is 0.0261. The maximum absolute atomic E-state index is 12.9. The van der Waals surface area contributed by atoms with Crippen LogP contribution in [-0.4, -0.2) is 37.2 Å². The minimum Gasteiger partial charge on any atom is -0.462 e. The van der Waals surface area contributed by atoms with Crippen molar-refractivity contribution in [2.24, 2.45) is 0 Å². The van der Waals surface area contributed by atoms with Crippen molar-refractivity contribution in [2.45, 2.75) is 284 Å². The van der Waals surface area contributed by atoms with Gasteiger partial charge in [0.15, 0.2) is 6.10 Å². The molecule has 1 atom stereocenters. The minimum atomic E-state index is -0.820. The average molecular weight is 1120 g/mol. The van der Waals surface area contributed by atoms with Crippen LogP contribution >= 0.6 is 0 Å². The largest absolute Gasteiger partial charge is 0.462 e. The number of rotatable bonds is 58. The Morgan fingerprint density at radius 2 is 0.494 bits per heavy atom. The molecule has 0 N–H and O–H groups in total. The molecule has 0 aromatic rings. The van der Waals surface area contributed by atoms with Crippen LogP contribution in [0.15, 0.2) is 158 Å². The molecule has 0 bridgehead atoms. The van der Waals surface area contributed by atoms with Gasteiger partial charge in [0.2, 0.25) is 0 Å². The van der Waals surface area contributed by atoms with Crippen molar-refractivity contribution in [3.63, 3.8) is 0 Å². The van der Waals surface area contributed by atoms with Gasteiger partial charge >= 0.3 is 17.9 Å². The van der Waals surface area contributed by atoms with Gasteiger partial charge in [0.05, 0.1) is 0 Å². The lowest BCUT2D eigenvalue weighted by molar-refractivity contribution is -0.167. The third kappa shape index (κ3) is 65.7. The lowest BCUT2D eigenvalue weighted by atomic mass is 10.1. The second-order valence-corrected chi connectivity index (χ2v) is 21.3. The van der Waals surface area contributed by atoms with Crippen LogP contribution in [0, 0.1) is 0 Å². The first-order valence-corrected chi connectivity index (χ1v) is 33.0. The van der Waals surface area contributed by atoms with E-state index in [1.165, 1.54) is 96.3 Å². The molecule has 456 valence electrons. The molecule has 0 spiro atoms. The van der Waals surface area contributed by atoms with Crippen molar-refractivity contribution in [2.75, 3.05) is 13.2 Å². The highest BCUT2D eigenvalue weighted by Crippen LogP contribution is 2.15. The van der Waals surface area contributed by atoms with Gasteiger partial charge in [-0.05, 0) is 141 Å². The second kappa shape index (κ2) is 67.5. The van der Waals surface area contributed by atoms with Crippen LogP contribution in [0.4, 0.5) is 0 Å². The zero-order valence-electron chi connectivity index (χ0n) is 52.2. The van der Waals surface area contributed by atoms with Crippen LogP contribution < -0.4 is 0 Å². The van der Waals surface area contributed by atoms with Crippen LogP contribution in [0.1, 0.15) is 278 Å². The van der Waals surface area contributed by atoms with Gasteiger partial charge in [0.1, 0.15) is 13.2 Å². The molecule has 6 nitrogen and oxygen atoms in total. The molecule has 0 amide bonds. The summed E-state index contributed by atoms with van der Waals surface area (Å²) in [6.07, 6.45) is 98.2. The maximum atomic E-state index is 12.9. The normalized spacial score (nSPS) is 13.2. The molecule has 0 aromatic carbocycles. The lowest BCUT2D eigenvalue weighted by Crippen LogP contribution is -2.30. The molecule has 81 heavy (non-hydrogen) atoms. The van der Waals surface area contributed by atoms with Gasteiger partial charge in [-0.2, -0.15) is 0 Å². The molecule has 0 fully saturated rings. The zero-order chi connectivity index (χ0) is 58.5. The molecule has 0 rings (SSSR count). The van der Waals surface area contributed by atoms with Gasteiger partial charge in [-0.3, -0.25) is 14.4 Å². The zero-order valence-corrected chi connectivity index (χ0v) is 52.2. The van der Waals surface area contributed by atoms with E-state index >= 15 is 0 Å². The van der Waals surface area contributed by atoms with Crippen LogP contribution in [0.5, 0.6) is 0 Å². The average Bonchev–Trinajstić information content (AvgIpc) is 3.47. The van der Waals surface area contributed by atoms with Crippen LogP contribution in [0.3, 0.4) is 0 Å². The summed E-state index contributed by atoms with van der Waals surface area (Å²) in [4.78, 5) is 38.4. The molecule has 1 unspecified atom stereocenters. The molecule has 0 saturated heterocycles. The van der Waals surface area contributed by atoms with Gasteiger partial charge < -0.3 is 14.2 Å². The Morgan fingerprint density at radius 1 is 0.259 bits per heavy atom. The van der Waals surface area contributed by atoms with E-state index in [-0.39, 0.29) is 37.5 Å². The summed E-state index contributed by atoms with van der Waals surface area (Å²) < 4.78 is 16.9. The van der Waals surface area contributed by atoms with Crippen molar-refractivity contribution in [3.8, 4) is 0 Å². The van der Waals surface area contributed by atoms with E-state index in [1.54, 1.807) is 0 Å². The first kappa shape index (κ1) is 76.0. The predicted molar refractivity (Wildman–Crippen MR) is 352 cm³/mol. The summed E-state index contributed by atoms with van der Waals surface area (Å²) in [5.41, 5.74) is 0. The van der Waals surface area contributed by atoms with E-state index in [2.05, 4.69) is 179 Å². The van der Waals surface area contributed by atoms with Crippen molar-refractivity contribution >= 4 is 17.9 Å². The van der Waals surface area contributed by atoms with E-state index in [1.807, 2.05) is 0 Å². The first-order valence-electron chi connectivity index (χ1n) is 33.0. The minimum absolute atomic E-state index is 0.112. The van der Waals surface area contributed by atoms with Crippen molar-refractivity contribution < 1.29 is 28.6 Å². The number of ether oxygens (including phenoxy) is 3. The Bertz CT molecular complexity index is 1810. The monoisotopic (exact) mass is 1120 g/mol. The van der Waals surface area contributed by atoms with Crippen molar-refractivity contribution in [1.29, 1.82) is 0 Å². The third-order valence-electron chi connectivity index (χ3n) is 13.5. The molecule has 0 aromatic heterocycles. The standard InChI is InChI=1S/C75H120O6/c1-4-7-10-13-16-19-22-25-28-31-33-35-36-37-38-40-41-44-47-50-53-56-59-62-65-68-74(77)80-71-72(70-79-73(76)67-64-61-58-55-52-49-46-43-30-27-24-21-18-15-12-9-6-3)81-75(78)69-66-63-60-57-54-51-48-45-42-39-34-32-29-26-23-20-17-14-11-8-5-2/h7,9-10,12,16,18-19,21,23,25-28,30,32-35,37-38,41,44,46,49,55,58,72H,4-6,8,11,13-15,17,20,22,24,29,31,36,39-40,42-43,45,47-48,50-54,56-57,59-71H2,1-3H3/b10-7-,12-9-,19-16-,21-18-,26-23-,28-25-,30-27-,34-32-,35-33-,38-37-,44-41-,49-46-,58-55-. The smallest absolute Gasteiger partial charge is 0.306 e. The van der Waals surface area contributed by atoms with E-state index < -0.39 is 6.10 Å². The summed E-state index contributed by atoms with van der Waals surface area (Å²) in [6.45, 7) is 6.34. The van der Waals surface area contributed by atoms with Crippen LogP contribution in [0.25, 0.3) is 0 Å². The number of esters is 3. The Balaban J connectivity index is 4.50. The van der Waals surface area contributed by atoms with E-state index in [4.69, 9.17) is 14.2 Å². The predicted octanol–water partition coefficient (Wildman–Crippen LogP) is 22.9. The highest BCUT2D eigenvalue weighted by molar-refractivity contribution is 5.71. The number of carbonyl (C=O) groups is 3. The van der Waals surface area contributed by atoms with E-state index in [0.29, 0.717) is 19.3 Å². The fourth-order valence-corrected chi connectivity index (χ4v) is 8.63. The molecular weight excluding hydrogens is 997 g/mol. The summed E-state index contributed by atoms with van der Waals surface area (Å²) >= 11 is 0. The lowest BCUT2D eigenvalue weighted by Gasteiger charge is -2.18. The SMILES string of the molecule is CC/C=C\C/C=C\C/C=C\C/C=C\C/C=C\C/C=C\CCCCCCCCC(=O)OCC(COC(=O)CCC/C=C\C/C=C\C/C=C\C/C=C\C/C=C\CC)OC(=O)CCCCCCCCCCC/C=C\C/C=C\CCCCCCC. The van der Waals surface area contributed by atoms with Crippen molar-refractivity contribution in [1.82, 2.24) is 0 Å². The van der Waals surface area contributed by atoms with Gasteiger partial charge in [-0.15, -0.1) is 0 Å². The number of allylic oxidation sites excluding steroid dienone is 26. The molecule has 0 saturated carbocycles. The fourth-order valence-electron chi connectivity index (χ4n) is 8.63. The number of hydrogen-bond acceptors (Lipinski definition) is 6. The highest BCUT2D eigenvalue weighted by Gasteiger charge is 2.19. The van der Waals surface area contributed by atoms with Crippen molar-refractivity contribution in [3.05, 3.63) is 158 Å². The summed E-state index contributed by atoms with van der Waals surface area (Å²) in [7, 11) is 0. The van der Waals surface area contributed by atoms with E-state index in [9.17, 15) is 14.4 Å². The molecule has 0 aliphatic carbocycles. The number of carbonyl (C=O) groups excluding carboxylic acids is 3. The molecule has 0 heterocycles. The molecule has 0 radical (unpaired) electrons. The van der Waals surface area contributed by atoms with Gasteiger partial charge in [0.25, 0.3) is 0 Å². The molecule has 0 aliphatic rings. The van der Waals surface area contributed by atoms with E-state index in [0.717, 1.165) is 135 Å². The first-order chi connectivity index (χ1) is 40.0. The molecule has 6 heteroatoms. The number of unbranched alkanes of at least 4 members (excludes halogenated alkanes) is 21. The number of hydrogen-bond donors (Lipinski definition) is 0. The highest BCUT2D eigenvalue weighted by atomic mass is 16.6. The van der Waals surface area contributed by atoms with Gasteiger partial charge in [0, 0.05) is 19.3 Å². The van der Waals surface area contributed by atoms with Gasteiger partial charge in [-0.1, -0.05) is 275 Å². The molecular formula is C75H120O6. The topological polar surface area (TPSA) is 78.9 Å². The van der Waals surface area contributed by atoms with Crippen LogP contribution in [0.2, 0.25) is 0 Å². The summed E-state index contributed by atoms with van der Waals surface area (Å²) in [5.74, 6) is -0.990.